The molecule has 130 valence electrons. The lowest BCUT2D eigenvalue weighted by Gasteiger charge is -2.60. The van der Waals surface area contributed by atoms with Crippen molar-refractivity contribution in [3.8, 4) is 0 Å². The molecule has 5 rings (SSSR count). The highest BCUT2D eigenvalue weighted by molar-refractivity contribution is 5.94. The predicted octanol–water partition coefficient (Wildman–Crippen LogP) is 3.86. The molecule has 0 aromatic rings. The predicted molar refractivity (Wildman–Crippen MR) is 90.4 cm³/mol. The third-order valence-corrected chi connectivity index (χ3v) is 8.98. The minimum Gasteiger partial charge on any atom is -0.359 e. The Morgan fingerprint density at radius 3 is 2.50 bits per heavy atom. The van der Waals surface area contributed by atoms with E-state index in [0.29, 0.717) is 35.9 Å². The van der Waals surface area contributed by atoms with Gasteiger partial charge in [0.15, 0.2) is 11.6 Å². The summed E-state index contributed by atoms with van der Waals surface area (Å²) < 4.78 is 5.98. The van der Waals surface area contributed by atoms with E-state index in [9.17, 15) is 9.59 Å². The van der Waals surface area contributed by atoms with E-state index < -0.39 is 5.60 Å². The van der Waals surface area contributed by atoms with Crippen LogP contribution in [0.4, 0.5) is 0 Å². The van der Waals surface area contributed by atoms with E-state index in [-0.39, 0.29) is 10.8 Å². The summed E-state index contributed by atoms with van der Waals surface area (Å²) in [5.41, 5.74) is 1.25. The number of allylic oxidation sites excluding steroid dienone is 1. The SMILES string of the molecule is C[C@]12CCC(=O)C=C1CCC1C2CC[C@@]2(C)C1CC[C@@]21OCC1=O. The molecule has 0 aromatic heterocycles. The van der Waals surface area contributed by atoms with Crippen molar-refractivity contribution in [1.29, 1.82) is 0 Å². The Balaban J connectivity index is 1.51. The third kappa shape index (κ3) is 1.58. The van der Waals surface area contributed by atoms with Crippen molar-refractivity contribution in [2.24, 2.45) is 28.6 Å². The zero-order valence-electron chi connectivity index (χ0n) is 14.9. The standard InChI is InChI=1S/C21H28O3/c1-19-8-5-14(22)11-13(19)3-4-15-16(19)6-9-20(2)17(15)7-10-21(20)18(23)12-24-21/h11,15-17H,3-10,12H2,1-2H3/t15?,16?,17?,19-,20-,21-/m0/s1. The molecule has 4 aliphatic carbocycles. The summed E-state index contributed by atoms with van der Waals surface area (Å²) >= 11 is 0. The van der Waals surface area contributed by atoms with Crippen molar-refractivity contribution >= 4 is 11.6 Å². The largest absolute Gasteiger partial charge is 0.359 e. The molecule has 3 unspecified atom stereocenters. The van der Waals surface area contributed by atoms with E-state index in [2.05, 4.69) is 13.8 Å². The minimum atomic E-state index is -0.442. The number of ketones is 2. The summed E-state index contributed by atoms with van der Waals surface area (Å²) in [6, 6.07) is 0. The highest BCUT2D eigenvalue weighted by Gasteiger charge is 2.70. The van der Waals surface area contributed by atoms with Crippen LogP contribution in [0.5, 0.6) is 0 Å². The van der Waals surface area contributed by atoms with E-state index in [0.717, 1.165) is 38.5 Å². The molecule has 6 atom stereocenters. The molecule has 1 aliphatic heterocycles. The van der Waals surface area contributed by atoms with Crippen molar-refractivity contribution < 1.29 is 14.3 Å². The second kappa shape index (κ2) is 4.60. The number of hydrogen-bond donors (Lipinski definition) is 0. The van der Waals surface area contributed by atoms with Gasteiger partial charge in [-0.15, -0.1) is 0 Å². The van der Waals surface area contributed by atoms with Gasteiger partial charge in [0, 0.05) is 11.8 Å². The lowest BCUT2D eigenvalue weighted by Crippen LogP contribution is -2.65. The minimum absolute atomic E-state index is 0.0472. The van der Waals surface area contributed by atoms with Crippen LogP contribution >= 0.6 is 0 Å². The molecule has 0 aromatic carbocycles. The average Bonchev–Trinajstić information content (AvgIpc) is 2.89. The summed E-state index contributed by atoms with van der Waals surface area (Å²) in [4.78, 5) is 24.3. The van der Waals surface area contributed by atoms with Crippen molar-refractivity contribution in [3.05, 3.63) is 11.6 Å². The lowest BCUT2D eigenvalue weighted by molar-refractivity contribution is -0.214. The summed E-state index contributed by atoms with van der Waals surface area (Å²) in [6.45, 7) is 5.10. The van der Waals surface area contributed by atoms with Gasteiger partial charge in [-0.25, -0.2) is 0 Å². The molecule has 0 amide bonds. The van der Waals surface area contributed by atoms with Gasteiger partial charge in [0.25, 0.3) is 0 Å². The molecule has 5 aliphatic rings. The number of hydrogen-bond acceptors (Lipinski definition) is 3. The highest BCUT2D eigenvalue weighted by Crippen LogP contribution is 2.69. The quantitative estimate of drug-likeness (QED) is 0.678. The van der Waals surface area contributed by atoms with Crippen LogP contribution in [0.25, 0.3) is 0 Å². The molecule has 0 N–H and O–H groups in total. The van der Waals surface area contributed by atoms with E-state index in [4.69, 9.17) is 4.74 Å². The molecule has 1 spiro atoms. The van der Waals surface area contributed by atoms with Crippen molar-refractivity contribution in [1.82, 2.24) is 0 Å². The van der Waals surface area contributed by atoms with Crippen LogP contribution in [0.1, 0.15) is 65.2 Å². The third-order valence-electron chi connectivity index (χ3n) is 8.98. The molecule has 1 saturated heterocycles. The first-order valence-electron chi connectivity index (χ1n) is 9.82. The molecular weight excluding hydrogens is 300 g/mol. The fourth-order valence-electron chi connectivity index (χ4n) is 7.56. The van der Waals surface area contributed by atoms with Crippen LogP contribution in [0.15, 0.2) is 11.6 Å². The normalized spacial score (nSPS) is 53.1. The summed E-state index contributed by atoms with van der Waals surface area (Å²) in [5.74, 6) is 2.70. The number of rotatable bonds is 0. The monoisotopic (exact) mass is 328 g/mol. The second-order valence-corrected chi connectivity index (χ2v) is 9.50. The first-order chi connectivity index (χ1) is 11.4. The zero-order valence-corrected chi connectivity index (χ0v) is 14.9. The molecule has 0 bridgehead atoms. The van der Waals surface area contributed by atoms with Gasteiger partial charge in [-0.05, 0) is 74.2 Å². The first kappa shape index (κ1) is 15.3. The summed E-state index contributed by atoms with van der Waals surface area (Å²) in [7, 11) is 0. The Labute approximate surface area is 144 Å². The first-order valence-corrected chi connectivity index (χ1v) is 9.82. The van der Waals surface area contributed by atoms with Crippen LogP contribution < -0.4 is 0 Å². The van der Waals surface area contributed by atoms with Gasteiger partial charge in [0.2, 0.25) is 0 Å². The van der Waals surface area contributed by atoms with Gasteiger partial charge in [-0.3, -0.25) is 9.59 Å². The Hall–Kier alpha value is -0.960. The van der Waals surface area contributed by atoms with Crippen LogP contribution in [0, 0.1) is 28.6 Å². The van der Waals surface area contributed by atoms with Gasteiger partial charge >= 0.3 is 0 Å². The Bertz CT molecular complexity index is 664. The second-order valence-electron chi connectivity index (χ2n) is 9.50. The van der Waals surface area contributed by atoms with Crippen LogP contribution in [0.2, 0.25) is 0 Å². The number of Topliss-reactive ketones (excluding diaryl/α,β-unsaturated/α-hetero) is 1. The fourth-order valence-corrected chi connectivity index (χ4v) is 7.56. The Morgan fingerprint density at radius 1 is 1.00 bits per heavy atom. The Kier molecular flexibility index (Phi) is 2.94. The molecule has 3 saturated carbocycles. The Morgan fingerprint density at radius 2 is 1.79 bits per heavy atom. The van der Waals surface area contributed by atoms with Gasteiger partial charge < -0.3 is 4.74 Å². The summed E-state index contributed by atoms with van der Waals surface area (Å²) in [6.07, 6.45) is 10.4. The zero-order chi connectivity index (χ0) is 16.7. The molecule has 1 heterocycles. The number of ether oxygens (including phenoxy) is 1. The van der Waals surface area contributed by atoms with Crippen LogP contribution in [-0.4, -0.2) is 23.8 Å². The van der Waals surface area contributed by atoms with Gasteiger partial charge in [-0.2, -0.15) is 0 Å². The van der Waals surface area contributed by atoms with Crippen LogP contribution in [-0.2, 0) is 14.3 Å². The highest BCUT2D eigenvalue weighted by atomic mass is 16.5. The summed E-state index contributed by atoms with van der Waals surface area (Å²) in [5, 5.41) is 0. The van der Waals surface area contributed by atoms with E-state index >= 15 is 0 Å². The number of carbonyl (C=O) groups excluding carboxylic acids is 2. The number of carbonyl (C=O) groups is 2. The maximum absolute atomic E-state index is 12.4. The molecule has 3 heteroatoms. The fraction of sp³-hybridized carbons (Fsp3) is 0.810. The topological polar surface area (TPSA) is 43.4 Å². The van der Waals surface area contributed by atoms with Crippen molar-refractivity contribution in [2.75, 3.05) is 6.61 Å². The molecule has 4 fully saturated rings. The molecule has 24 heavy (non-hydrogen) atoms. The van der Waals surface area contributed by atoms with Crippen molar-refractivity contribution in [3.63, 3.8) is 0 Å². The molecule has 3 nitrogen and oxygen atoms in total. The molecule has 0 radical (unpaired) electrons. The molecular formula is C21H28O3. The van der Waals surface area contributed by atoms with Crippen LogP contribution in [0.3, 0.4) is 0 Å². The van der Waals surface area contributed by atoms with Gasteiger partial charge in [0.05, 0.1) is 0 Å². The number of fused-ring (bicyclic) bond motifs is 6. The average molecular weight is 328 g/mol. The van der Waals surface area contributed by atoms with E-state index in [1.165, 1.54) is 18.4 Å². The van der Waals surface area contributed by atoms with E-state index in [1.807, 2.05) is 6.08 Å². The van der Waals surface area contributed by atoms with Gasteiger partial charge in [-0.1, -0.05) is 19.4 Å². The lowest BCUT2D eigenvalue weighted by atomic mass is 9.46. The maximum Gasteiger partial charge on any atom is 0.190 e. The van der Waals surface area contributed by atoms with E-state index in [1.54, 1.807) is 0 Å². The van der Waals surface area contributed by atoms with Crippen molar-refractivity contribution in [2.45, 2.75) is 70.8 Å². The van der Waals surface area contributed by atoms with Gasteiger partial charge in [0.1, 0.15) is 12.2 Å². The smallest absolute Gasteiger partial charge is 0.190 e. The maximum atomic E-state index is 12.4.